The molecule has 1 aromatic carbocycles. The summed E-state index contributed by atoms with van der Waals surface area (Å²) in [7, 11) is 1.59. The van der Waals surface area contributed by atoms with Crippen LogP contribution >= 0.6 is 0 Å². The van der Waals surface area contributed by atoms with Gasteiger partial charge in [0.1, 0.15) is 11.5 Å². The summed E-state index contributed by atoms with van der Waals surface area (Å²) in [6.45, 7) is 0. The number of hydrogen-bond acceptors (Lipinski definition) is 6. The van der Waals surface area contributed by atoms with Crippen LogP contribution in [0.3, 0.4) is 0 Å². The summed E-state index contributed by atoms with van der Waals surface area (Å²) in [6, 6.07) is 12.2. The minimum atomic E-state index is -0.284. The highest BCUT2D eigenvalue weighted by atomic mass is 16.5. The molecule has 3 aromatic rings. The SMILES string of the molecule is COc1cccc(Oc2ccc(NC(=O)c3ccnnc3)cn2)c1. The summed E-state index contributed by atoms with van der Waals surface area (Å²) in [5, 5.41) is 10.0. The van der Waals surface area contributed by atoms with E-state index in [1.54, 1.807) is 37.4 Å². The molecule has 0 saturated heterocycles. The molecule has 0 aliphatic rings. The first-order valence-corrected chi connectivity index (χ1v) is 7.10. The fourth-order valence-corrected chi connectivity index (χ4v) is 1.93. The van der Waals surface area contributed by atoms with E-state index in [1.165, 1.54) is 18.6 Å². The van der Waals surface area contributed by atoms with E-state index in [-0.39, 0.29) is 5.91 Å². The van der Waals surface area contributed by atoms with Crippen molar-refractivity contribution in [1.29, 1.82) is 0 Å². The van der Waals surface area contributed by atoms with Crippen molar-refractivity contribution in [3.8, 4) is 17.4 Å². The Bertz CT molecular complexity index is 823. The average Bonchev–Trinajstić information content (AvgIpc) is 2.64. The predicted molar refractivity (Wildman–Crippen MR) is 87.3 cm³/mol. The second-order valence-electron chi connectivity index (χ2n) is 4.75. The average molecular weight is 322 g/mol. The van der Waals surface area contributed by atoms with Gasteiger partial charge in [0.25, 0.3) is 5.91 Å². The molecule has 120 valence electrons. The van der Waals surface area contributed by atoms with Crippen LogP contribution in [0.1, 0.15) is 10.4 Å². The Kier molecular flexibility index (Phi) is 4.62. The highest BCUT2D eigenvalue weighted by molar-refractivity contribution is 6.03. The molecule has 0 atom stereocenters. The van der Waals surface area contributed by atoms with Crippen molar-refractivity contribution in [3.05, 3.63) is 66.6 Å². The first-order valence-electron chi connectivity index (χ1n) is 7.10. The van der Waals surface area contributed by atoms with Crippen LogP contribution in [-0.2, 0) is 0 Å². The molecule has 1 amide bonds. The molecule has 7 nitrogen and oxygen atoms in total. The molecule has 24 heavy (non-hydrogen) atoms. The minimum absolute atomic E-state index is 0.284. The van der Waals surface area contributed by atoms with Crippen molar-refractivity contribution in [1.82, 2.24) is 15.2 Å². The van der Waals surface area contributed by atoms with E-state index < -0.39 is 0 Å². The number of anilines is 1. The molecular formula is C17H14N4O3. The Morgan fingerprint density at radius 3 is 2.62 bits per heavy atom. The molecule has 0 aliphatic carbocycles. The van der Waals surface area contributed by atoms with Gasteiger partial charge in [-0.1, -0.05) is 6.07 Å². The number of pyridine rings is 1. The van der Waals surface area contributed by atoms with Crippen LogP contribution in [0.15, 0.2) is 61.1 Å². The summed E-state index contributed by atoms with van der Waals surface area (Å²) < 4.78 is 10.8. The highest BCUT2D eigenvalue weighted by Crippen LogP contribution is 2.24. The van der Waals surface area contributed by atoms with E-state index in [0.717, 1.165) is 0 Å². The molecule has 0 saturated carbocycles. The number of nitrogens with one attached hydrogen (secondary N) is 1. The van der Waals surface area contributed by atoms with Crippen molar-refractivity contribution in [3.63, 3.8) is 0 Å². The zero-order valence-electron chi connectivity index (χ0n) is 12.8. The first kappa shape index (κ1) is 15.4. The third-order valence-electron chi connectivity index (χ3n) is 3.10. The molecule has 0 aliphatic heterocycles. The number of ether oxygens (including phenoxy) is 2. The predicted octanol–water partition coefficient (Wildman–Crippen LogP) is 2.92. The number of nitrogens with zero attached hydrogens (tertiary/aromatic N) is 3. The number of carbonyl (C=O) groups is 1. The second-order valence-corrected chi connectivity index (χ2v) is 4.75. The van der Waals surface area contributed by atoms with Crippen LogP contribution < -0.4 is 14.8 Å². The van der Waals surface area contributed by atoms with Gasteiger partial charge >= 0.3 is 0 Å². The number of benzene rings is 1. The molecule has 0 fully saturated rings. The fraction of sp³-hybridized carbons (Fsp3) is 0.0588. The van der Waals surface area contributed by atoms with Crippen molar-refractivity contribution in [2.75, 3.05) is 12.4 Å². The third kappa shape index (κ3) is 3.83. The Labute approximate surface area is 138 Å². The monoisotopic (exact) mass is 322 g/mol. The van der Waals surface area contributed by atoms with Gasteiger partial charge in [0.05, 0.1) is 37.0 Å². The van der Waals surface area contributed by atoms with Crippen LogP contribution in [0.25, 0.3) is 0 Å². The Hall–Kier alpha value is -3.48. The summed E-state index contributed by atoms with van der Waals surface area (Å²) in [5.41, 5.74) is 0.969. The van der Waals surface area contributed by atoms with Crippen molar-refractivity contribution in [2.24, 2.45) is 0 Å². The molecule has 2 aromatic heterocycles. The van der Waals surface area contributed by atoms with E-state index in [9.17, 15) is 4.79 Å². The summed E-state index contributed by atoms with van der Waals surface area (Å²) in [5.74, 6) is 1.43. The lowest BCUT2D eigenvalue weighted by Gasteiger charge is -2.08. The van der Waals surface area contributed by atoms with Gasteiger partial charge in [-0.2, -0.15) is 10.2 Å². The van der Waals surface area contributed by atoms with E-state index >= 15 is 0 Å². The lowest BCUT2D eigenvalue weighted by atomic mass is 10.3. The van der Waals surface area contributed by atoms with Gasteiger partial charge in [-0.25, -0.2) is 4.98 Å². The first-order chi connectivity index (χ1) is 11.7. The van der Waals surface area contributed by atoms with Crippen LogP contribution in [0.2, 0.25) is 0 Å². The quantitative estimate of drug-likeness (QED) is 0.777. The van der Waals surface area contributed by atoms with Crippen LogP contribution in [0, 0.1) is 0 Å². The number of rotatable bonds is 5. The van der Waals surface area contributed by atoms with E-state index in [2.05, 4.69) is 20.5 Å². The lowest BCUT2D eigenvalue weighted by molar-refractivity contribution is 0.102. The van der Waals surface area contributed by atoms with Crippen LogP contribution in [0.4, 0.5) is 5.69 Å². The molecule has 7 heteroatoms. The molecule has 2 heterocycles. The molecule has 0 spiro atoms. The lowest BCUT2D eigenvalue weighted by Crippen LogP contribution is -2.12. The maximum Gasteiger partial charge on any atom is 0.257 e. The fourth-order valence-electron chi connectivity index (χ4n) is 1.93. The van der Waals surface area contributed by atoms with Crippen LogP contribution in [-0.4, -0.2) is 28.2 Å². The van der Waals surface area contributed by atoms with Gasteiger partial charge in [0.15, 0.2) is 0 Å². The summed E-state index contributed by atoms with van der Waals surface area (Å²) in [4.78, 5) is 16.2. The highest BCUT2D eigenvalue weighted by Gasteiger charge is 2.07. The van der Waals surface area contributed by atoms with E-state index in [4.69, 9.17) is 9.47 Å². The Morgan fingerprint density at radius 2 is 1.92 bits per heavy atom. The van der Waals surface area contributed by atoms with Gasteiger partial charge in [-0.3, -0.25) is 4.79 Å². The smallest absolute Gasteiger partial charge is 0.257 e. The number of methoxy groups -OCH3 is 1. The normalized spacial score (nSPS) is 10.0. The van der Waals surface area contributed by atoms with Crippen molar-refractivity contribution >= 4 is 11.6 Å². The summed E-state index contributed by atoms with van der Waals surface area (Å²) in [6.07, 6.45) is 4.36. The maximum absolute atomic E-state index is 12.0. The molecule has 0 bridgehead atoms. The molecule has 0 unspecified atom stereocenters. The zero-order chi connectivity index (χ0) is 16.8. The minimum Gasteiger partial charge on any atom is -0.497 e. The second kappa shape index (κ2) is 7.19. The largest absolute Gasteiger partial charge is 0.497 e. The molecule has 1 N–H and O–H groups in total. The van der Waals surface area contributed by atoms with Crippen molar-refractivity contribution in [2.45, 2.75) is 0 Å². The van der Waals surface area contributed by atoms with Gasteiger partial charge < -0.3 is 14.8 Å². The van der Waals surface area contributed by atoms with E-state index in [0.29, 0.717) is 28.6 Å². The van der Waals surface area contributed by atoms with Gasteiger partial charge in [0, 0.05) is 12.1 Å². The number of hydrogen-bond donors (Lipinski definition) is 1. The Morgan fingerprint density at radius 1 is 1.04 bits per heavy atom. The summed E-state index contributed by atoms with van der Waals surface area (Å²) >= 11 is 0. The number of carbonyl (C=O) groups excluding carboxylic acids is 1. The zero-order valence-corrected chi connectivity index (χ0v) is 12.8. The topological polar surface area (TPSA) is 86.2 Å². The molecule has 0 radical (unpaired) electrons. The van der Waals surface area contributed by atoms with E-state index in [1.807, 2.05) is 12.1 Å². The van der Waals surface area contributed by atoms with Crippen molar-refractivity contribution < 1.29 is 14.3 Å². The maximum atomic E-state index is 12.0. The molecular weight excluding hydrogens is 308 g/mol. The van der Waals surface area contributed by atoms with Gasteiger partial charge in [-0.05, 0) is 24.3 Å². The van der Waals surface area contributed by atoms with Gasteiger partial charge in [0.2, 0.25) is 5.88 Å². The standard InChI is InChI=1S/C17H14N4O3/c1-23-14-3-2-4-15(9-14)24-16-6-5-13(11-18-16)21-17(22)12-7-8-19-20-10-12/h2-11H,1H3,(H,21,22). The molecule has 3 rings (SSSR count). The third-order valence-corrected chi connectivity index (χ3v) is 3.10. The number of amides is 1. The van der Waals surface area contributed by atoms with Gasteiger partial charge in [-0.15, -0.1) is 0 Å². The number of aromatic nitrogens is 3. The van der Waals surface area contributed by atoms with Crippen LogP contribution in [0.5, 0.6) is 17.4 Å². The Balaban J connectivity index is 1.66.